The summed E-state index contributed by atoms with van der Waals surface area (Å²) < 4.78 is 5.23. The third-order valence-electron chi connectivity index (χ3n) is 3.27. The van der Waals surface area contributed by atoms with Gasteiger partial charge in [0.25, 0.3) is 0 Å². The van der Waals surface area contributed by atoms with E-state index in [1.165, 1.54) is 29.7 Å². The first-order chi connectivity index (χ1) is 12.1. The Bertz CT molecular complexity index is 858. The van der Waals surface area contributed by atoms with Gasteiger partial charge >= 0.3 is 6.09 Å². The number of hydrogen-bond donors (Lipinski definition) is 2. The van der Waals surface area contributed by atoms with Gasteiger partial charge in [-0.25, -0.2) is 14.8 Å². The van der Waals surface area contributed by atoms with E-state index in [9.17, 15) is 4.79 Å². The van der Waals surface area contributed by atoms with Crippen molar-refractivity contribution in [3.63, 3.8) is 0 Å². The van der Waals surface area contributed by atoms with E-state index in [0.717, 1.165) is 11.3 Å². The number of aromatic nitrogens is 2. The molecule has 1 aromatic carbocycles. The van der Waals surface area contributed by atoms with Crippen LogP contribution in [0.1, 0.15) is 10.7 Å². The second-order valence-corrected chi connectivity index (χ2v) is 6.02. The molecule has 0 radical (unpaired) electrons. The maximum absolute atomic E-state index is 10.8. The van der Waals surface area contributed by atoms with Crippen molar-refractivity contribution in [3.8, 4) is 11.3 Å². The quantitative estimate of drug-likeness (QED) is 0.518. The van der Waals surface area contributed by atoms with Gasteiger partial charge in [0.05, 0.1) is 30.3 Å². The van der Waals surface area contributed by atoms with Crippen LogP contribution in [-0.2, 0) is 6.54 Å². The molecule has 128 valence electrons. The molecule has 0 aliphatic rings. The van der Waals surface area contributed by atoms with Crippen molar-refractivity contribution in [2.45, 2.75) is 6.54 Å². The summed E-state index contributed by atoms with van der Waals surface area (Å²) in [7, 11) is 1.50. The van der Waals surface area contributed by atoms with Crippen LogP contribution in [-0.4, -0.2) is 39.3 Å². The molecule has 3 aromatic rings. The summed E-state index contributed by atoms with van der Waals surface area (Å²) in [5.41, 5.74) is 5.36. The molecule has 3 rings (SSSR count). The van der Waals surface area contributed by atoms with Crippen molar-refractivity contribution in [2.24, 2.45) is 5.10 Å². The summed E-state index contributed by atoms with van der Waals surface area (Å²) in [4.78, 5) is 20.2. The normalized spacial score (nSPS) is 10.9. The number of hydrogen-bond acceptors (Lipinski definition) is 7. The largest absolute Gasteiger partial charge is 0.465 e. The van der Waals surface area contributed by atoms with Crippen molar-refractivity contribution in [1.29, 1.82) is 0 Å². The van der Waals surface area contributed by atoms with Gasteiger partial charge in [0.15, 0.2) is 12.2 Å². The molecule has 0 aliphatic heterocycles. The second kappa shape index (κ2) is 7.58. The third kappa shape index (κ3) is 4.42. The fourth-order valence-corrected chi connectivity index (χ4v) is 2.66. The van der Waals surface area contributed by atoms with Crippen LogP contribution in [0.5, 0.6) is 0 Å². The molecule has 2 N–H and O–H groups in total. The van der Waals surface area contributed by atoms with Crippen molar-refractivity contribution in [2.75, 3.05) is 12.5 Å². The van der Waals surface area contributed by atoms with Crippen LogP contribution in [0.2, 0.25) is 0 Å². The standard InChI is InChI=1S/C16H15N5O3S/c1-21(16(22)23)8-13-9-25-15(19-13)7-18-20-12-4-2-11(3-5-12)14-6-17-10-24-14/h2-7,9-10,20H,8H2,1H3,(H,22,23). The smallest absolute Gasteiger partial charge is 0.407 e. The minimum atomic E-state index is -0.987. The predicted molar refractivity (Wildman–Crippen MR) is 94.8 cm³/mol. The van der Waals surface area contributed by atoms with Crippen LogP contribution in [0, 0.1) is 0 Å². The first kappa shape index (κ1) is 16.7. The highest BCUT2D eigenvalue weighted by molar-refractivity contribution is 7.11. The Morgan fingerprint density at radius 1 is 1.44 bits per heavy atom. The first-order valence-electron chi connectivity index (χ1n) is 7.28. The van der Waals surface area contributed by atoms with Crippen LogP contribution in [0.3, 0.4) is 0 Å². The molecule has 0 spiro atoms. The van der Waals surface area contributed by atoms with E-state index in [-0.39, 0.29) is 6.54 Å². The first-order valence-corrected chi connectivity index (χ1v) is 8.16. The summed E-state index contributed by atoms with van der Waals surface area (Å²) in [6.07, 6.45) is 3.66. The highest BCUT2D eigenvalue weighted by Crippen LogP contribution is 2.20. The molecule has 0 aliphatic carbocycles. The number of rotatable bonds is 6. The zero-order valence-electron chi connectivity index (χ0n) is 13.3. The summed E-state index contributed by atoms with van der Waals surface area (Å²) in [6.45, 7) is 0.246. The Morgan fingerprint density at radius 2 is 2.24 bits per heavy atom. The molecule has 0 fully saturated rings. The van der Waals surface area contributed by atoms with Gasteiger partial charge in [0, 0.05) is 18.0 Å². The van der Waals surface area contributed by atoms with E-state index in [1.54, 1.807) is 12.4 Å². The van der Waals surface area contributed by atoms with Crippen molar-refractivity contribution in [3.05, 3.63) is 52.9 Å². The van der Waals surface area contributed by atoms with Gasteiger partial charge in [-0.2, -0.15) is 5.10 Å². The lowest BCUT2D eigenvalue weighted by Crippen LogP contribution is -2.24. The number of benzene rings is 1. The van der Waals surface area contributed by atoms with E-state index in [0.29, 0.717) is 16.5 Å². The van der Waals surface area contributed by atoms with Crippen LogP contribution < -0.4 is 5.43 Å². The number of thiazole rings is 1. The topological polar surface area (TPSA) is 104 Å². The fraction of sp³-hybridized carbons (Fsp3) is 0.125. The average molecular weight is 357 g/mol. The number of anilines is 1. The lowest BCUT2D eigenvalue weighted by atomic mass is 10.2. The molecule has 2 aromatic heterocycles. The maximum atomic E-state index is 10.8. The summed E-state index contributed by atoms with van der Waals surface area (Å²) in [5, 5.41) is 15.5. The van der Waals surface area contributed by atoms with Gasteiger partial charge in [-0.3, -0.25) is 5.43 Å². The number of oxazole rings is 1. The number of carboxylic acid groups (broad SMARTS) is 1. The molecular weight excluding hydrogens is 342 g/mol. The lowest BCUT2D eigenvalue weighted by molar-refractivity contribution is 0.153. The maximum Gasteiger partial charge on any atom is 0.407 e. The van der Waals surface area contributed by atoms with Gasteiger partial charge in [-0.1, -0.05) is 0 Å². The fourth-order valence-electron chi connectivity index (χ4n) is 1.99. The van der Waals surface area contributed by atoms with Gasteiger partial charge in [-0.15, -0.1) is 11.3 Å². The van der Waals surface area contributed by atoms with Gasteiger partial charge in [0.1, 0.15) is 5.01 Å². The van der Waals surface area contributed by atoms with Crippen LogP contribution in [0.25, 0.3) is 11.3 Å². The number of nitrogens with one attached hydrogen (secondary N) is 1. The van der Waals surface area contributed by atoms with Crippen LogP contribution in [0.4, 0.5) is 10.5 Å². The SMILES string of the molecule is CN(Cc1csc(C=NNc2ccc(-c3cnco3)cc2)n1)C(=O)O. The van der Waals surface area contributed by atoms with Gasteiger partial charge < -0.3 is 14.4 Å². The number of amides is 1. The highest BCUT2D eigenvalue weighted by atomic mass is 32.1. The number of hydrazone groups is 1. The van der Waals surface area contributed by atoms with Gasteiger partial charge in [-0.05, 0) is 24.3 Å². The van der Waals surface area contributed by atoms with Crippen molar-refractivity contribution in [1.82, 2.24) is 14.9 Å². The monoisotopic (exact) mass is 357 g/mol. The predicted octanol–water partition coefficient (Wildman–Crippen LogP) is 3.35. The van der Waals surface area contributed by atoms with Crippen LogP contribution >= 0.6 is 11.3 Å². The molecule has 1 amide bonds. The second-order valence-electron chi connectivity index (χ2n) is 5.13. The third-order valence-corrected chi connectivity index (χ3v) is 4.09. The zero-order chi connectivity index (χ0) is 17.6. The van der Waals surface area contributed by atoms with E-state index >= 15 is 0 Å². The molecule has 8 nitrogen and oxygen atoms in total. The number of nitrogens with zero attached hydrogens (tertiary/aromatic N) is 4. The molecule has 9 heteroatoms. The average Bonchev–Trinajstić information content (AvgIpc) is 3.27. The minimum Gasteiger partial charge on any atom is -0.465 e. The summed E-state index contributed by atoms with van der Waals surface area (Å²) in [5.74, 6) is 0.705. The summed E-state index contributed by atoms with van der Waals surface area (Å²) >= 11 is 1.40. The molecular formula is C16H15N5O3S. The molecule has 0 saturated heterocycles. The molecule has 2 heterocycles. The Balaban J connectivity index is 1.56. The van der Waals surface area contributed by atoms with Crippen molar-refractivity contribution < 1.29 is 14.3 Å². The Kier molecular flexibility index (Phi) is 5.05. The van der Waals surface area contributed by atoms with E-state index in [1.807, 2.05) is 29.6 Å². The highest BCUT2D eigenvalue weighted by Gasteiger charge is 2.08. The molecule has 0 bridgehead atoms. The molecule has 0 saturated carbocycles. The summed E-state index contributed by atoms with van der Waals surface area (Å²) in [6, 6.07) is 7.57. The van der Waals surface area contributed by atoms with Crippen molar-refractivity contribution >= 4 is 29.3 Å². The van der Waals surface area contributed by atoms with E-state index < -0.39 is 6.09 Å². The Morgan fingerprint density at radius 3 is 2.92 bits per heavy atom. The minimum absolute atomic E-state index is 0.246. The Labute approximate surface area is 147 Å². The van der Waals surface area contributed by atoms with E-state index in [2.05, 4.69) is 20.5 Å². The lowest BCUT2D eigenvalue weighted by Gasteiger charge is -2.09. The Hall–Kier alpha value is -3.20. The molecule has 0 atom stereocenters. The van der Waals surface area contributed by atoms with E-state index in [4.69, 9.17) is 9.52 Å². The number of carbonyl (C=O) groups is 1. The zero-order valence-corrected chi connectivity index (χ0v) is 14.1. The van der Waals surface area contributed by atoms with Gasteiger partial charge in [0.2, 0.25) is 0 Å². The van der Waals surface area contributed by atoms with Crippen LogP contribution in [0.15, 0.2) is 51.8 Å². The molecule has 0 unspecified atom stereocenters. The molecule has 25 heavy (non-hydrogen) atoms.